The summed E-state index contributed by atoms with van der Waals surface area (Å²) in [6.45, 7) is 3.21. The number of anilines is 1. The third kappa shape index (κ3) is 3.89. The third-order valence-corrected chi connectivity index (χ3v) is 7.56. The average molecular weight is 403 g/mol. The molecule has 158 valence electrons. The number of rotatable bonds is 5. The molecule has 0 spiro atoms. The maximum atomic E-state index is 13.9. The highest BCUT2D eigenvalue weighted by atomic mass is 19.1. The van der Waals surface area contributed by atoms with Crippen molar-refractivity contribution in [2.75, 3.05) is 31.2 Å². The number of hydrogen-bond acceptors (Lipinski definition) is 4. The molecule has 2 atom stereocenters. The highest BCUT2D eigenvalue weighted by molar-refractivity contribution is 5.77. The Morgan fingerprint density at radius 1 is 1.21 bits per heavy atom. The van der Waals surface area contributed by atoms with Crippen molar-refractivity contribution in [2.24, 2.45) is 17.3 Å². The van der Waals surface area contributed by atoms with Gasteiger partial charge in [0.2, 0.25) is 5.91 Å². The first-order valence-corrected chi connectivity index (χ1v) is 11.0. The molecule has 4 saturated carbocycles. The molecule has 0 aromatic heterocycles. The van der Waals surface area contributed by atoms with E-state index in [0.717, 1.165) is 56.4 Å². The lowest BCUT2D eigenvalue weighted by atomic mass is 9.47. The smallest absolute Gasteiger partial charge is 0.220 e. The highest BCUT2D eigenvalue weighted by Gasteiger charge is 2.57. The summed E-state index contributed by atoms with van der Waals surface area (Å²) >= 11 is 0. The number of amides is 1. The van der Waals surface area contributed by atoms with Gasteiger partial charge in [-0.1, -0.05) is 0 Å². The molecular formula is C23H31FN2O3. The van der Waals surface area contributed by atoms with Gasteiger partial charge in [-0.3, -0.25) is 4.79 Å². The lowest BCUT2D eigenvalue weighted by Gasteiger charge is -2.60. The van der Waals surface area contributed by atoms with E-state index in [2.05, 4.69) is 10.2 Å². The number of morpholine rings is 1. The number of aliphatic hydroxyl groups is 1. The second-order valence-corrected chi connectivity index (χ2v) is 10.0. The maximum absolute atomic E-state index is 13.9. The molecule has 1 saturated heterocycles. The van der Waals surface area contributed by atoms with Crippen LogP contribution in [-0.2, 0) is 16.1 Å². The quantitative estimate of drug-likeness (QED) is 0.795. The molecule has 1 aliphatic heterocycles. The molecule has 6 heteroatoms. The van der Waals surface area contributed by atoms with Gasteiger partial charge in [-0.2, -0.15) is 0 Å². The first-order valence-electron chi connectivity index (χ1n) is 11.0. The Morgan fingerprint density at radius 3 is 2.62 bits per heavy atom. The molecule has 1 aromatic carbocycles. The van der Waals surface area contributed by atoms with E-state index in [4.69, 9.17) is 4.74 Å². The molecule has 6 rings (SSSR count). The van der Waals surface area contributed by atoms with Gasteiger partial charge in [-0.15, -0.1) is 0 Å². The van der Waals surface area contributed by atoms with Crippen molar-refractivity contribution >= 4 is 11.6 Å². The van der Waals surface area contributed by atoms with E-state index in [0.29, 0.717) is 38.0 Å². The first-order chi connectivity index (χ1) is 13.9. The van der Waals surface area contributed by atoms with Gasteiger partial charge in [0.15, 0.2) is 0 Å². The topological polar surface area (TPSA) is 61.8 Å². The van der Waals surface area contributed by atoms with Gasteiger partial charge >= 0.3 is 0 Å². The number of ether oxygens (including phenoxy) is 1. The fraction of sp³-hybridized carbons (Fsp3) is 0.696. The van der Waals surface area contributed by atoms with Crippen LogP contribution in [0.1, 0.15) is 50.5 Å². The summed E-state index contributed by atoms with van der Waals surface area (Å²) in [7, 11) is 0. The third-order valence-electron chi connectivity index (χ3n) is 7.56. The fourth-order valence-corrected chi connectivity index (χ4v) is 7.01. The zero-order chi connectivity index (χ0) is 20.1. The number of hydrogen-bond donors (Lipinski definition) is 2. The number of halogens is 1. The van der Waals surface area contributed by atoms with Crippen molar-refractivity contribution in [3.05, 3.63) is 29.6 Å². The first kappa shape index (κ1) is 19.3. The van der Waals surface area contributed by atoms with Crippen LogP contribution in [0.3, 0.4) is 0 Å². The highest BCUT2D eigenvalue weighted by Crippen LogP contribution is 2.62. The van der Waals surface area contributed by atoms with Crippen LogP contribution in [0.5, 0.6) is 0 Å². The predicted molar refractivity (Wildman–Crippen MR) is 108 cm³/mol. The van der Waals surface area contributed by atoms with Crippen molar-refractivity contribution < 1.29 is 19.0 Å². The van der Waals surface area contributed by atoms with Crippen molar-refractivity contribution in [1.29, 1.82) is 0 Å². The number of nitrogens with one attached hydrogen (secondary N) is 1. The molecule has 1 aromatic rings. The van der Waals surface area contributed by atoms with Crippen LogP contribution in [0, 0.1) is 23.1 Å². The molecule has 2 unspecified atom stereocenters. The monoisotopic (exact) mass is 402 g/mol. The molecule has 1 amide bonds. The Kier molecular flexibility index (Phi) is 4.82. The average Bonchev–Trinajstić information content (AvgIpc) is 2.65. The Labute approximate surface area is 171 Å². The Balaban J connectivity index is 1.25. The summed E-state index contributed by atoms with van der Waals surface area (Å²) in [5, 5.41) is 14.0. The van der Waals surface area contributed by atoms with E-state index in [1.807, 2.05) is 0 Å². The summed E-state index contributed by atoms with van der Waals surface area (Å²) in [4.78, 5) is 15.1. The summed E-state index contributed by atoms with van der Waals surface area (Å²) in [6, 6.07) is 4.81. The molecule has 1 heterocycles. The number of carbonyl (C=O) groups excluding carboxylic acids is 1. The lowest BCUT2D eigenvalue weighted by molar-refractivity contribution is -0.169. The summed E-state index contributed by atoms with van der Waals surface area (Å²) in [6.07, 6.45) is 6.43. The molecule has 0 radical (unpaired) electrons. The van der Waals surface area contributed by atoms with Crippen molar-refractivity contribution in [2.45, 2.75) is 57.1 Å². The molecule has 4 bridgehead atoms. The minimum Gasteiger partial charge on any atom is -0.390 e. The van der Waals surface area contributed by atoms with Gasteiger partial charge in [-0.05, 0) is 79.5 Å². The van der Waals surface area contributed by atoms with Gasteiger partial charge in [-0.25, -0.2) is 4.39 Å². The van der Waals surface area contributed by atoms with Gasteiger partial charge in [0.1, 0.15) is 5.82 Å². The van der Waals surface area contributed by atoms with Crippen molar-refractivity contribution in [3.8, 4) is 0 Å². The molecule has 2 N–H and O–H groups in total. The summed E-state index contributed by atoms with van der Waals surface area (Å²) < 4.78 is 19.3. The summed E-state index contributed by atoms with van der Waals surface area (Å²) in [5.41, 5.74) is 1.19. The largest absolute Gasteiger partial charge is 0.390 e. The lowest BCUT2D eigenvalue weighted by Crippen LogP contribution is -2.56. The van der Waals surface area contributed by atoms with Crippen LogP contribution < -0.4 is 10.2 Å². The minimum atomic E-state index is -0.545. The van der Waals surface area contributed by atoms with Crippen molar-refractivity contribution in [3.63, 3.8) is 0 Å². The molecule has 5 fully saturated rings. The van der Waals surface area contributed by atoms with Crippen molar-refractivity contribution in [1.82, 2.24) is 5.32 Å². The van der Waals surface area contributed by atoms with Crippen LogP contribution in [-0.4, -0.2) is 42.9 Å². The van der Waals surface area contributed by atoms with Crippen LogP contribution >= 0.6 is 0 Å². The van der Waals surface area contributed by atoms with Gasteiger partial charge in [0, 0.05) is 31.7 Å². The maximum Gasteiger partial charge on any atom is 0.220 e. The van der Waals surface area contributed by atoms with Crippen LogP contribution in [0.25, 0.3) is 0 Å². The number of carbonyl (C=O) groups is 1. The number of benzene rings is 1. The van der Waals surface area contributed by atoms with E-state index in [1.54, 1.807) is 6.07 Å². The SMILES string of the molecule is O=C(CC12CC3CC(CC(O)(C3)C1)C2)NCc1cc(F)ccc1N1CCOCC1. The second kappa shape index (κ2) is 7.24. The molecule has 29 heavy (non-hydrogen) atoms. The molecule has 5 aliphatic rings. The Hall–Kier alpha value is -1.66. The molecule has 5 nitrogen and oxygen atoms in total. The van der Waals surface area contributed by atoms with E-state index in [9.17, 15) is 14.3 Å². The van der Waals surface area contributed by atoms with E-state index in [1.165, 1.54) is 18.6 Å². The van der Waals surface area contributed by atoms with Crippen LogP contribution in [0.15, 0.2) is 18.2 Å². The van der Waals surface area contributed by atoms with Gasteiger partial charge < -0.3 is 20.1 Å². The van der Waals surface area contributed by atoms with Gasteiger partial charge in [0.25, 0.3) is 0 Å². The minimum absolute atomic E-state index is 0.0211. The van der Waals surface area contributed by atoms with E-state index < -0.39 is 5.60 Å². The Bertz CT molecular complexity index is 778. The Morgan fingerprint density at radius 2 is 1.93 bits per heavy atom. The zero-order valence-electron chi connectivity index (χ0n) is 17.0. The fourth-order valence-electron chi connectivity index (χ4n) is 7.01. The van der Waals surface area contributed by atoms with E-state index >= 15 is 0 Å². The zero-order valence-corrected chi connectivity index (χ0v) is 17.0. The molecule has 4 aliphatic carbocycles. The van der Waals surface area contributed by atoms with Gasteiger partial charge in [0.05, 0.1) is 18.8 Å². The molecular weight excluding hydrogens is 371 g/mol. The number of nitrogens with zero attached hydrogens (tertiary/aromatic N) is 1. The van der Waals surface area contributed by atoms with Crippen LogP contribution in [0.2, 0.25) is 0 Å². The normalized spacial score (nSPS) is 35.7. The predicted octanol–water partition coefficient (Wildman–Crippen LogP) is 3.00. The summed E-state index contributed by atoms with van der Waals surface area (Å²) in [5.74, 6) is 0.887. The van der Waals surface area contributed by atoms with E-state index in [-0.39, 0.29) is 17.1 Å². The second-order valence-electron chi connectivity index (χ2n) is 10.0. The standard InChI is InChI=1S/C23H31FN2O3/c24-19-1-2-20(26-3-5-29-6-4-26)18(8-19)14-25-21(27)13-22-9-16-7-17(10-22)12-23(28,11-16)15-22/h1-2,8,16-17,28H,3-7,9-15H2,(H,25,27). The van der Waals surface area contributed by atoms with Crippen LogP contribution in [0.4, 0.5) is 10.1 Å².